The first-order valence-electron chi connectivity index (χ1n) is 4.06. The summed E-state index contributed by atoms with van der Waals surface area (Å²) >= 11 is 3.43. The van der Waals surface area contributed by atoms with Crippen LogP contribution in [0.25, 0.3) is 0 Å². The molecule has 1 aromatic rings. The van der Waals surface area contributed by atoms with Crippen molar-refractivity contribution in [3.63, 3.8) is 0 Å². The lowest BCUT2D eigenvalue weighted by Gasteiger charge is -2.12. The lowest BCUT2D eigenvalue weighted by atomic mass is 10.1. The van der Waals surface area contributed by atoms with E-state index in [0.717, 1.165) is 6.42 Å². The van der Waals surface area contributed by atoms with E-state index in [2.05, 4.69) is 28.1 Å². The maximum atomic E-state index is 9.24. The quantitative estimate of drug-likeness (QED) is 0.789. The molecule has 1 N–H and O–H groups in total. The van der Waals surface area contributed by atoms with Crippen molar-refractivity contribution in [1.29, 1.82) is 0 Å². The van der Waals surface area contributed by atoms with Crippen molar-refractivity contribution in [3.05, 3.63) is 35.9 Å². The summed E-state index contributed by atoms with van der Waals surface area (Å²) in [4.78, 5) is 0.153. The van der Waals surface area contributed by atoms with Crippen LogP contribution in [-0.4, -0.2) is 16.0 Å². The fourth-order valence-corrected chi connectivity index (χ4v) is 1.38. The normalized spacial score (nSPS) is 15.6. The Kier molecular flexibility index (Phi) is 3.76. The fourth-order valence-electron chi connectivity index (χ4n) is 1.01. The van der Waals surface area contributed by atoms with Crippen LogP contribution in [0.15, 0.2) is 30.3 Å². The van der Waals surface area contributed by atoms with Crippen molar-refractivity contribution in [3.8, 4) is 0 Å². The van der Waals surface area contributed by atoms with Gasteiger partial charge in [0.1, 0.15) is 0 Å². The molecule has 2 atom stereocenters. The minimum atomic E-state index is -0.301. The minimum Gasteiger partial charge on any atom is -0.392 e. The second-order valence-electron chi connectivity index (χ2n) is 2.95. The zero-order valence-electron chi connectivity index (χ0n) is 7.07. The van der Waals surface area contributed by atoms with Crippen LogP contribution >= 0.6 is 15.9 Å². The monoisotopic (exact) mass is 228 g/mol. The summed E-state index contributed by atoms with van der Waals surface area (Å²) in [6.07, 6.45) is 0.573. The van der Waals surface area contributed by atoms with Crippen molar-refractivity contribution in [2.75, 3.05) is 0 Å². The average molecular weight is 229 g/mol. The van der Waals surface area contributed by atoms with Gasteiger partial charge in [0.2, 0.25) is 0 Å². The Hall–Kier alpha value is -0.340. The Morgan fingerprint density at radius 3 is 2.42 bits per heavy atom. The summed E-state index contributed by atoms with van der Waals surface area (Å²) in [7, 11) is 0. The molecule has 0 heterocycles. The number of benzene rings is 1. The molecule has 1 rings (SSSR count). The van der Waals surface area contributed by atoms with Crippen LogP contribution in [0.3, 0.4) is 0 Å². The molecule has 1 nitrogen and oxygen atoms in total. The van der Waals surface area contributed by atoms with Gasteiger partial charge >= 0.3 is 0 Å². The third-order valence-electron chi connectivity index (χ3n) is 1.80. The van der Waals surface area contributed by atoms with E-state index in [1.807, 2.05) is 18.2 Å². The number of aliphatic hydroxyl groups excluding tert-OH is 1. The molecule has 0 amide bonds. The minimum absolute atomic E-state index is 0.153. The van der Waals surface area contributed by atoms with Crippen LogP contribution in [0.2, 0.25) is 0 Å². The molecule has 0 fully saturated rings. The molecule has 66 valence electrons. The van der Waals surface area contributed by atoms with Gasteiger partial charge in [-0.05, 0) is 18.9 Å². The molecular formula is C10H13BrO. The third-order valence-corrected chi connectivity index (χ3v) is 2.89. The highest BCUT2D eigenvalue weighted by atomic mass is 79.9. The van der Waals surface area contributed by atoms with E-state index in [4.69, 9.17) is 0 Å². The molecule has 0 spiro atoms. The van der Waals surface area contributed by atoms with Gasteiger partial charge in [-0.25, -0.2) is 0 Å². The van der Waals surface area contributed by atoms with Gasteiger partial charge in [-0.3, -0.25) is 0 Å². The molecule has 2 heteroatoms. The highest BCUT2D eigenvalue weighted by molar-refractivity contribution is 9.09. The fraction of sp³-hybridized carbons (Fsp3) is 0.400. The first kappa shape index (κ1) is 9.75. The van der Waals surface area contributed by atoms with E-state index in [1.165, 1.54) is 5.56 Å². The molecule has 0 saturated heterocycles. The van der Waals surface area contributed by atoms with Crippen molar-refractivity contribution < 1.29 is 5.11 Å². The van der Waals surface area contributed by atoms with Gasteiger partial charge in [0, 0.05) is 4.83 Å². The van der Waals surface area contributed by atoms with E-state index in [1.54, 1.807) is 6.92 Å². The van der Waals surface area contributed by atoms with Crippen LogP contribution in [0.4, 0.5) is 0 Å². The molecular weight excluding hydrogens is 216 g/mol. The Balaban J connectivity index is 2.53. The predicted octanol–water partition coefficient (Wildman–Crippen LogP) is 2.37. The molecule has 0 aliphatic carbocycles. The van der Waals surface area contributed by atoms with E-state index < -0.39 is 0 Å². The summed E-state index contributed by atoms with van der Waals surface area (Å²) < 4.78 is 0. The number of alkyl halides is 1. The van der Waals surface area contributed by atoms with Crippen molar-refractivity contribution in [1.82, 2.24) is 0 Å². The lowest BCUT2D eigenvalue weighted by molar-refractivity contribution is 0.193. The predicted molar refractivity (Wildman–Crippen MR) is 54.5 cm³/mol. The molecule has 12 heavy (non-hydrogen) atoms. The van der Waals surface area contributed by atoms with E-state index >= 15 is 0 Å². The van der Waals surface area contributed by atoms with Crippen LogP contribution in [0, 0.1) is 0 Å². The van der Waals surface area contributed by atoms with Crippen molar-refractivity contribution in [2.24, 2.45) is 0 Å². The second-order valence-corrected chi connectivity index (χ2v) is 4.12. The highest BCUT2D eigenvalue weighted by Crippen LogP contribution is 2.12. The maximum absolute atomic E-state index is 9.24. The molecule has 0 aliphatic heterocycles. The first-order chi connectivity index (χ1) is 5.70. The van der Waals surface area contributed by atoms with Gasteiger partial charge in [0.15, 0.2) is 0 Å². The van der Waals surface area contributed by atoms with Crippen LogP contribution < -0.4 is 0 Å². The topological polar surface area (TPSA) is 20.2 Å². The van der Waals surface area contributed by atoms with Gasteiger partial charge in [0.25, 0.3) is 0 Å². The smallest absolute Gasteiger partial charge is 0.0640 e. The SMILES string of the molecule is C[C@@H](O)[C@H](Br)Cc1ccccc1. The summed E-state index contributed by atoms with van der Waals surface area (Å²) in [6.45, 7) is 1.79. The van der Waals surface area contributed by atoms with E-state index in [0.29, 0.717) is 0 Å². The van der Waals surface area contributed by atoms with E-state index in [-0.39, 0.29) is 10.9 Å². The molecule has 0 aliphatic rings. The molecule has 0 radical (unpaired) electrons. The Labute approximate surface area is 81.6 Å². The molecule has 0 saturated carbocycles. The van der Waals surface area contributed by atoms with Gasteiger partial charge in [-0.2, -0.15) is 0 Å². The van der Waals surface area contributed by atoms with Gasteiger partial charge in [0.05, 0.1) is 6.10 Å². The lowest BCUT2D eigenvalue weighted by Crippen LogP contribution is -2.18. The zero-order chi connectivity index (χ0) is 8.97. The summed E-state index contributed by atoms with van der Waals surface area (Å²) in [5.74, 6) is 0. The molecule has 1 aromatic carbocycles. The Morgan fingerprint density at radius 2 is 1.92 bits per heavy atom. The largest absolute Gasteiger partial charge is 0.392 e. The van der Waals surface area contributed by atoms with Crippen molar-refractivity contribution >= 4 is 15.9 Å². The average Bonchev–Trinajstić information content (AvgIpc) is 2.06. The van der Waals surface area contributed by atoms with Crippen LogP contribution in [0.5, 0.6) is 0 Å². The van der Waals surface area contributed by atoms with Gasteiger partial charge in [-0.15, -0.1) is 0 Å². The third kappa shape index (κ3) is 2.95. The van der Waals surface area contributed by atoms with Crippen LogP contribution in [0.1, 0.15) is 12.5 Å². The van der Waals surface area contributed by atoms with E-state index in [9.17, 15) is 5.11 Å². The molecule has 0 aromatic heterocycles. The summed E-state index contributed by atoms with van der Waals surface area (Å²) in [6, 6.07) is 10.1. The number of hydrogen-bond acceptors (Lipinski definition) is 1. The first-order valence-corrected chi connectivity index (χ1v) is 4.98. The number of hydrogen-bond donors (Lipinski definition) is 1. The summed E-state index contributed by atoms with van der Waals surface area (Å²) in [5, 5.41) is 9.24. The number of aliphatic hydroxyl groups is 1. The Bertz CT molecular complexity index is 221. The van der Waals surface area contributed by atoms with Gasteiger partial charge in [-0.1, -0.05) is 46.3 Å². The van der Waals surface area contributed by atoms with Crippen molar-refractivity contribution in [2.45, 2.75) is 24.3 Å². The highest BCUT2D eigenvalue weighted by Gasteiger charge is 2.10. The number of rotatable bonds is 3. The second kappa shape index (κ2) is 4.63. The van der Waals surface area contributed by atoms with Gasteiger partial charge < -0.3 is 5.11 Å². The Morgan fingerprint density at radius 1 is 1.33 bits per heavy atom. The summed E-state index contributed by atoms with van der Waals surface area (Å²) in [5.41, 5.74) is 1.25. The maximum Gasteiger partial charge on any atom is 0.0640 e. The zero-order valence-corrected chi connectivity index (χ0v) is 8.66. The van der Waals surface area contributed by atoms with Crippen LogP contribution in [-0.2, 0) is 6.42 Å². The standard InChI is InChI=1S/C10H13BrO/c1-8(12)10(11)7-9-5-3-2-4-6-9/h2-6,8,10,12H,7H2,1H3/t8-,10-/m1/s1. The molecule has 0 bridgehead atoms. The number of halogens is 1. The molecule has 0 unspecified atom stereocenters.